The maximum atomic E-state index is 12.7. The highest BCUT2D eigenvalue weighted by atomic mass is 19.1. The largest absolute Gasteiger partial charge is 0.487 e. The van der Waals surface area contributed by atoms with E-state index in [2.05, 4.69) is 10.3 Å². The Labute approximate surface area is 131 Å². The number of aromatic nitrogens is 1. The van der Waals surface area contributed by atoms with Crippen LogP contribution in [-0.4, -0.2) is 22.4 Å². The van der Waals surface area contributed by atoms with Crippen LogP contribution in [0.1, 0.15) is 12.8 Å². The highest BCUT2D eigenvalue weighted by Gasteiger charge is 2.13. The molecule has 120 valence electrons. The minimum atomic E-state index is -0.526. The number of ether oxygens (including phenoxy) is 1. The number of para-hydroxylation sites is 2. The molecular formula is C15H14FN3O4. The van der Waals surface area contributed by atoms with Gasteiger partial charge in [0.2, 0.25) is 5.91 Å². The van der Waals surface area contributed by atoms with Crippen LogP contribution in [0, 0.1) is 15.9 Å². The second kappa shape index (κ2) is 7.83. The lowest BCUT2D eigenvalue weighted by atomic mass is 10.3. The molecule has 0 aliphatic heterocycles. The molecule has 23 heavy (non-hydrogen) atoms. The fourth-order valence-corrected chi connectivity index (χ4v) is 1.80. The summed E-state index contributed by atoms with van der Waals surface area (Å²) >= 11 is 0. The van der Waals surface area contributed by atoms with Gasteiger partial charge < -0.3 is 10.1 Å². The van der Waals surface area contributed by atoms with Crippen LogP contribution in [0.5, 0.6) is 5.75 Å². The van der Waals surface area contributed by atoms with E-state index in [-0.39, 0.29) is 36.2 Å². The van der Waals surface area contributed by atoms with Crippen LogP contribution in [0.2, 0.25) is 0 Å². The highest BCUT2D eigenvalue weighted by molar-refractivity contribution is 5.89. The van der Waals surface area contributed by atoms with Crippen LogP contribution in [0.15, 0.2) is 42.6 Å². The van der Waals surface area contributed by atoms with Crippen molar-refractivity contribution < 1.29 is 18.8 Å². The molecule has 0 saturated carbocycles. The van der Waals surface area contributed by atoms with Gasteiger partial charge in [0.15, 0.2) is 5.75 Å². The molecule has 0 fully saturated rings. The Bertz CT molecular complexity index is 691. The highest BCUT2D eigenvalue weighted by Crippen LogP contribution is 2.25. The number of rotatable bonds is 7. The number of halogens is 1. The standard InChI is InChI=1S/C15H14FN3O4/c16-11-7-8-14(17-10-11)18-15(20)6-3-9-23-13-5-2-1-4-12(13)19(21)22/h1-2,4-5,7-8,10H,3,6,9H2,(H,17,18,20). The van der Waals surface area contributed by atoms with E-state index in [0.29, 0.717) is 6.42 Å². The Hall–Kier alpha value is -3.03. The molecule has 0 aliphatic carbocycles. The van der Waals surface area contributed by atoms with Gasteiger partial charge in [-0.15, -0.1) is 0 Å². The second-order valence-electron chi connectivity index (χ2n) is 4.59. The van der Waals surface area contributed by atoms with Gasteiger partial charge in [-0.3, -0.25) is 14.9 Å². The minimum absolute atomic E-state index is 0.118. The molecule has 0 radical (unpaired) electrons. The Morgan fingerprint density at radius 1 is 1.30 bits per heavy atom. The van der Waals surface area contributed by atoms with Crippen LogP contribution in [0.3, 0.4) is 0 Å². The summed E-state index contributed by atoms with van der Waals surface area (Å²) in [5, 5.41) is 13.3. The van der Waals surface area contributed by atoms with Crippen molar-refractivity contribution in [2.45, 2.75) is 12.8 Å². The number of amides is 1. The first-order chi connectivity index (χ1) is 11.1. The first kappa shape index (κ1) is 16.3. The molecule has 0 saturated heterocycles. The Kier molecular flexibility index (Phi) is 5.56. The number of carbonyl (C=O) groups excluding carboxylic acids is 1. The zero-order valence-electron chi connectivity index (χ0n) is 12.1. The zero-order chi connectivity index (χ0) is 16.7. The topological polar surface area (TPSA) is 94.4 Å². The third-order valence-electron chi connectivity index (χ3n) is 2.86. The Morgan fingerprint density at radius 2 is 2.09 bits per heavy atom. The first-order valence-corrected chi connectivity index (χ1v) is 6.84. The van der Waals surface area contributed by atoms with E-state index in [1.165, 1.54) is 24.3 Å². The molecule has 7 nitrogen and oxygen atoms in total. The number of nitrogens with zero attached hydrogens (tertiary/aromatic N) is 2. The molecule has 1 heterocycles. The normalized spacial score (nSPS) is 10.1. The maximum absolute atomic E-state index is 12.7. The van der Waals surface area contributed by atoms with Crippen LogP contribution < -0.4 is 10.1 Å². The van der Waals surface area contributed by atoms with Crippen LogP contribution in [0.4, 0.5) is 15.9 Å². The van der Waals surface area contributed by atoms with Gasteiger partial charge in [0, 0.05) is 12.5 Å². The van der Waals surface area contributed by atoms with Gasteiger partial charge in [0.05, 0.1) is 17.7 Å². The van der Waals surface area contributed by atoms with Crippen LogP contribution in [-0.2, 0) is 4.79 Å². The van der Waals surface area contributed by atoms with Gasteiger partial charge in [-0.25, -0.2) is 9.37 Å². The van der Waals surface area contributed by atoms with Crippen molar-refractivity contribution in [1.29, 1.82) is 0 Å². The second-order valence-corrected chi connectivity index (χ2v) is 4.59. The number of nitro benzene ring substituents is 1. The summed E-state index contributed by atoms with van der Waals surface area (Å²) in [6, 6.07) is 8.59. The van der Waals surface area contributed by atoms with E-state index in [1.54, 1.807) is 12.1 Å². The summed E-state index contributed by atoms with van der Waals surface area (Å²) in [5.74, 6) is -0.356. The number of anilines is 1. The van der Waals surface area contributed by atoms with Gasteiger partial charge in [0.1, 0.15) is 11.6 Å². The van der Waals surface area contributed by atoms with Gasteiger partial charge in [-0.2, -0.15) is 0 Å². The van der Waals surface area contributed by atoms with Crippen molar-refractivity contribution in [1.82, 2.24) is 4.98 Å². The summed E-state index contributed by atoms with van der Waals surface area (Å²) < 4.78 is 18.0. The van der Waals surface area contributed by atoms with Crippen molar-refractivity contribution in [2.24, 2.45) is 0 Å². The quantitative estimate of drug-likeness (QED) is 0.481. The molecular weight excluding hydrogens is 305 g/mol. The van der Waals surface area contributed by atoms with E-state index in [1.807, 2.05) is 0 Å². The molecule has 1 aromatic carbocycles. The lowest BCUT2D eigenvalue weighted by Crippen LogP contribution is -2.13. The molecule has 2 aromatic rings. The van der Waals surface area contributed by atoms with E-state index in [0.717, 1.165) is 6.20 Å². The SMILES string of the molecule is O=C(CCCOc1ccccc1[N+](=O)[O-])Nc1ccc(F)cn1. The predicted molar refractivity (Wildman–Crippen MR) is 80.7 cm³/mol. The monoisotopic (exact) mass is 319 g/mol. The average Bonchev–Trinajstić information content (AvgIpc) is 2.54. The number of pyridine rings is 1. The minimum Gasteiger partial charge on any atom is -0.487 e. The van der Waals surface area contributed by atoms with E-state index in [9.17, 15) is 19.3 Å². The lowest BCUT2D eigenvalue weighted by molar-refractivity contribution is -0.385. The first-order valence-electron chi connectivity index (χ1n) is 6.84. The van der Waals surface area contributed by atoms with E-state index >= 15 is 0 Å². The van der Waals surface area contributed by atoms with Crippen molar-refractivity contribution in [2.75, 3.05) is 11.9 Å². The van der Waals surface area contributed by atoms with E-state index in [4.69, 9.17) is 4.74 Å². The molecule has 1 amide bonds. The Morgan fingerprint density at radius 3 is 2.78 bits per heavy atom. The lowest BCUT2D eigenvalue weighted by Gasteiger charge is -2.07. The molecule has 0 unspecified atom stereocenters. The molecule has 0 atom stereocenters. The van der Waals surface area contributed by atoms with Gasteiger partial charge in [0.25, 0.3) is 0 Å². The van der Waals surface area contributed by atoms with Crippen molar-refractivity contribution in [3.63, 3.8) is 0 Å². The molecule has 0 spiro atoms. The van der Waals surface area contributed by atoms with Crippen LogP contribution in [0.25, 0.3) is 0 Å². The van der Waals surface area contributed by atoms with Gasteiger partial charge in [-0.05, 0) is 24.6 Å². The number of hydrogen-bond acceptors (Lipinski definition) is 5. The number of benzene rings is 1. The fraction of sp³-hybridized carbons (Fsp3) is 0.200. The zero-order valence-corrected chi connectivity index (χ0v) is 12.1. The molecule has 0 aliphatic rings. The van der Waals surface area contributed by atoms with Crippen molar-refractivity contribution >= 4 is 17.4 Å². The van der Waals surface area contributed by atoms with Gasteiger partial charge in [-0.1, -0.05) is 12.1 Å². The van der Waals surface area contributed by atoms with Crippen LogP contribution >= 0.6 is 0 Å². The van der Waals surface area contributed by atoms with Gasteiger partial charge >= 0.3 is 5.69 Å². The number of carbonyl (C=O) groups is 1. The maximum Gasteiger partial charge on any atom is 0.310 e. The van der Waals surface area contributed by atoms with Crippen molar-refractivity contribution in [3.05, 3.63) is 58.5 Å². The number of nitrogens with one attached hydrogen (secondary N) is 1. The fourth-order valence-electron chi connectivity index (χ4n) is 1.80. The molecule has 2 rings (SSSR count). The summed E-state index contributed by atoms with van der Waals surface area (Å²) in [7, 11) is 0. The molecule has 1 aromatic heterocycles. The smallest absolute Gasteiger partial charge is 0.310 e. The van der Waals surface area contributed by atoms with Crippen molar-refractivity contribution in [3.8, 4) is 5.75 Å². The Balaban J connectivity index is 1.76. The average molecular weight is 319 g/mol. The number of hydrogen-bond donors (Lipinski definition) is 1. The molecule has 0 bridgehead atoms. The summed E-state index contributed by atoms with van der Waals surface area (Å²) in [6.07, 6.45) is 1.53. The third kappa shape index (κ3) is 5.03. The number of nitro groups is 1. The predicted octanol–water partition coefficient (Wildman–Crippen LogP) is 2.93. The summed E-state index contributed by atoms with van der Waals surface area (Å²) in [6.45, 7) is 0.162. The summed E-state index contributed by atoms with van der Waals surface area (Å²) in [5.41, 5.74) is -0.118. The summed E-state index contributed by atoms with van der Waals surface area (Å²) in [4.78, 5) is 25.7. The third-order valence-corrected chi connectivity index (χ3v) is 2.86. The molecule has 8 heteroatoms. The molecule has 1 N–H and O–H groups in total. The van der Waals surface area contributed by atoms with E-state index < -0.39 is 10.7 Å².